The first kappa shape index (κ1) is 18.7. The van der Waals surface area contributed by atoms with Crippen LogP contribution < -0.4 is 0 Å². The molecule has 5 nitrogen and oxygen atoms in total. The van der Waals surface area contributed by atoms with Crippen molar-refractivity contribution in [1.29, 1.82) is 0 Å². The summed E-state index contributed by atoms with van der Waals surface area (Å²) in [6.45, 7) is 17.5. The summed E-state index contributed by atoms with van der Waals surface area (Å²) in [7, 11) is 0. The second kappa shape index (κ2) is 8.93. The summed E-state index contributed by atoms with van der Waals surface area (Å²) in [5.74, 6) is 0.633. The zero-order valence-electron chi connectivity index (χ0n) is 15.1. The van der Waals surface area contributed by atoms with E-state index >= 15 is 0 Å². The average molecular weight is 308 g/mol. The highest BCUT2D eigenvalue weighted by Crippen LogP contribution is 2.05. The van der Waals surface area contributed by atoms with Gasteiger partial charge in [0.05, 0.1) is 5.69 Å². The van der Waals surface area contributed by atoms with E-state index in [2.05, 4.69) is 37.7 Å². The average Bonchev–Trinajstić information content (AvgIpc) is 2.76. The van der Waals surface area contributed by atoms with Crippen LogP contribution in [-0.4, -0.2) is 58.2 Å². The van der Waals surface area contributed by atoms with Gasteiger partial charge in [0.15, 0.2) is 0 Å². The Labute approximate surface area is 135 Å². The van der Waals surface area contributed by atoms with Crippen LogP contribution in [0.15, 0.2) is 6.07 Å². The van der Waals surface area contributed by atoms with Gasteiger partial charge in [-0.2, -0.15) is 5.10 Å². The van der Waals surface area contributed by atoms with Gasteiger partial charge in [-0.25, -0.2) is 0 Å². The first-order chi connectivity index (χ1) is 10.4. The molecule has 1 amide bonds. The molecule has 0 aromatic carbocycles. The van der Waals surface area contributed by atoms with E-state index in [0.717, 1.165) is 44.1 Å². The van der Waals surface area contributed by atoms with Crippen molar-refractivity contribution < 1.29 is 4.79 Å². The normalized spacial score (nSPS) is 11.5. The standard InChI is InChI=1S/C17H32N4O/c1-7-19(8-2)9-10-20(12-14(3)4)17(22)13-21-16(6)11-15(5)18-21/h11,14H,7-10,12-13H2,1-6H3. The summed E-state index contributed by atoms with van der Waals surface area (Å²) >= 11 is 0. The Kier molecular flexibility index (Phi) is 7.59. The number of carbonyl (C=O) groups is 1. The molecule has 0 atom stereocenters. The minimum absolute atomic E-state index is 0.159. The van der Waals surface area contributed by atoms with Crippen molar-refractivity contribution in [2.45, 2.75) is 48.1 Å². The van der Waals surface area contributed by atoms with Crippen LogP contribution in [0.5, 0.6) is 0 Å². The molecule has 0 aliphatic heterocycles. The predicted octanol–water partition coefficient (Wildman–Crippen LogP) is 2.33. The van der Waals surface area contributed by atoms with Crippen LogP contribution in [0.25, 0.3) is 0 Å². The Hall–Kier alpha value is -1.36. The van der Waals surface area contributed by atoms with E-state index in [1.165, 1.54) is 0 Å². The van der Waals surface area contributed by atoms with Crippen LogP contribution in [0.4, 0.5) is 0 Å². The second-order valence-electron chi connectivity index (χ2n) is 6.35. The highest BCUT2D eigenvalue weighted by molar-refractivity contribution is 5.76. The quantitative estimate of drug-likeness (QED) is 0.703. The maximum atomic E-state index is 12.6. The molecule has 1 aromatic heterocycles. The third-order valence-electron chi connectivity index (χ3n) is 3.91. The van der Waals surface area contributed by atoms with Gasteiger partial charge in [-0.1, -0.05) is 27.7 Å². The fourth-order valence-corrected chi connectivity index (χ4v) is 2.62. The number of carbonyl (C=O) groups excluding carboxylic acids is 1. The van der Waals surface area contributed by atoms with E-state index in [1.807, 2.05) is 29.5 Å². The molecule has 0 saturated carbocycles. The first-order valence-corrected chi connectivity index (χ1v) is 8.38. The Morgan fingerprint density at radius 3 is 2.32 bits per heavy atom. The van der Waals surface area contributed by atoms with Crippen molar-refractivity contribution in [2.24, 2.45) is 5.92 Å². The van der Waals surface area contributed by atoms with Crippen molar-refractivity contribution in [3.05, 3.63) is 17.5 Å². The molecule has 0 radical (unpaired) electrons. The molecule has 0 saturated heterocycles. The molecule has 0 unspecified atom stereocenters. The molecule has 0 N–H and O–H groups in total. The number of aryl methyl sites for hydroxylation is 2. The molecule has 1 aromatic rings. The molecular weight excluding hydrogens is 276 g/mol. The van der Waals surface area contributed by atoms with Gasteiger partial charge in [-0.15, -0.1) is 0 Å². The molecule has 126 valence electrons. The minimum Gasteiger partial charge on any atom is -0.340 e. The number of hydrogen-bond donors (Lipinski definition) is 0. The zero-order chi connectivity index (χ0) is 16.7. The molecule has 1 heterocycles. The third kappa shape index (κ3) is 5.79. The lowest BCUT2D eigenvalue weighted by atomic mass is 10.2. The van der Waals surface area contributed by atoms with E-state index in [4.69, 9.17) is 0 Å². The van der Waals surface area contributed by atoms with Gasteiger partial charge in [0.2, 0.25) is 5.91 Å². The van der Waals surface area contributed by atoms with E-state index < -0.39 is 0 Å². The zero-order valence-corrected chi connectivity index (χ0v) is 15.1. The van der Waals surface area contributed by atoms with Gasteiger partial charge in [0, 0.05) is 25.3 Å². The second-order valence-corrected chi connectivity index (χ2v) is 6.35. The fraction of sp³-hybridized carbons (Fsp3) is 0.765. The van der Waals surface area contributed by atoms with Crippen molar-refractivity contribution in [1.82, 2.24) is 19.6 Å². The minimum atomic E-state index is 0.159. The van der Waals surface area contributed by atoms with Gasteiger partial charge >= 0.3 is 0 Å². The maximum Gasteiger partial charge on any atom is 0.244 e. The van der Waals surface area contributed by atoms with Crippen molar-refractivity contribution >= 4 is 5.91 Å². The summed E-state index contributed by atoms with van der Waals surface area (Å²) in [6.07, 6.45) is 0. The van der Waals surface area contributed by atoms with Crippen LogP contribution in [-0.2, 0) is 11.3 Å². The van der Waals surface area contributed by atoms with E-state index in [0.29, 0.717) is 12.5 Å². The van der Waals surface area contributed by atoms with Crippen LogP contribution in [0.2, 0.25) is 0 Å². The molecule has 22 heavy (non-hydrogen) atoms. The summed E-state index contributed by atoms with van der Waals surface area (Å²) in [6, 6.07) is 2.01. The Bertz CT molecular complexity index is 463. The molecule has 0 spiro atoms. The van der Waals surface area contributed by atoms with Gasteiger partial charge in [-0.3, -0.25) is 9.48 Å². The van der Waals surface area contributed by atoms with Crippen molar-refractivity contribution in [2.75, 3.05) is 32.7 Å². The highest BCUT2D eigenvalue weighted by Gasteiger charge is 2.17. The highest BCUT2D eigenvalue weighted by atomic mass is 16.2. The lowest BCUT2D eigenvalue weighted by Gasteiger charge is -2.28. The smallest absolute Gasteiger partial charge is 0.244 e. The molecule has 1 rings (SSSR count). The predicted molar refractivity (Wildman–Crippen MR) is 90.9 cm³/mol. The Morgan fingerprint density at radius 2 is 1.86 bits per heavy atom. The lowest BCUT2D eigenvalue weighted by Crippen LogP contribution is -2.42. The van der Waals surface area contributed by atoms with Gasteiger partial charge < -0.3 is 9.80 Å². The molecule has 5 heteroatoms. The molecule has 0 bridgehead atoms. The Morgan fingerprint density at radius 1 is 1.23 bits per heavy atom. The Balaban J connectivity index is 2.69. The summed E-state index contributed by atoms with van der Waals surface area (Å²) in [4.78, 5) is 17.0. The largest absolute Gasteiger partial charge is 0.340 e. The number of likely N-dealkylation sites (N-methyl/N-ethyl adjacent to an activating group) is 1. The number of aromatic nitrogens is 2. The van der Waals surface area contributed by atoms with Gasteiger partial charge in [0.1, 0.15) is 6.54 Å². The van der Waals surface area contributed by atoms with E-state index in [1.54, 1.807) is 0 Å². The van der Waals surface area contributed by atoms with Gasteiger partial charge in [-0.05, 0) is 38.9 Å². The van der Waals surface area contributed by atoms with E-state index in [-0.39, 0.29) is 5.91 Å². The summed E-state index contributed by atoms with van der Waals surface area (Å²) in [5, 5.41) is 4.40. The van der Waals surface area contributed by atoms with Crippen molar-refractivity contribution in [3.63, 3.8) is 0 Å². The maximum absolute atomic E-state index is 12.6. The molecule has 0 aliphatic carbocycles. The molecule has 0 aliphatic rings. The summed E-state index contributed by atoms with van der Waals surface area (Å²) in [5.41, 5.74) is 2.00. The molecular formula is C17H32N4O. The van der Waals surface area contributed by atoms with Crippen LogP contribution >= 0.6 is 0 Å². The topological polar surface area (TPSA) is 41.4 Å². The lowest BCUT2D eigenvalue weighted by molar-refractivity contribution is -0.132. The van der Waals surface area contributed by atoms with Gasteiger partial charge in [0.25, 0.3) is 0 Å². The third-order valence-corrected chi connectivity index (χ3v) is 3.91. The number of hydrogen-bond acceptors (Lipinski definition) is 3. The molecule has 0 fully saturated rings. The number of amides is 1. The van der Waals surface area contributed by atoms with E-state index in [9.17, 15) is 4.79 Å². The number of nitrogens with zero attached hydrogens (tertiary/aromatic N) is 4. The number of rotatable bonds is 9. The van der Waals surface area contributed by atoms with Crippen molar-refractivity contribution in [3.8, 4) is 0 Å². The first-order valence-electron chi connectivity index (χ1n) is 8.38. The summed E-state index contributed by atoms with van der Waals surface area (Å²) < 4.78 is 1.81. The monoisotopic (exact) mass is 308 g/mol. The SMILES string of the molecule is CCN(CC)CCN(CC(C)C)C(=O)Cn1nc(C)cc1C. The fourth-order valence-electron chi connectivity index (χ4n) is 2.62. The van der Waals surface area contributed by atoms with Crippen LogP contribution in [0.1, 0.15) is 39.1 Å². The van der Waals surface area contributed by atoms with Crippen LogP contribution in [0.3, 0.4) is 0 Å². The van der Waals surface area contributed by atoms with Crippen LogP contribution in [0, 0.1) is 19.8 Å².